The Balaban J connectivity index is 2.03. The number of nitrogens with zero attached hydrogens (tertiary/aromatic N) is 1. The van der Waals surface area contributed by atoms with E-state index in [0.717, 1.165) is 31.2 Å². The molecule has 17 heavy (non-hydrogen) atoms. The quantitative estimate of drug-likeness (QED) is 0.668. The molecular formula is C12H22N2O3. The summed E-state index contributed by atoms with van der Waals surface area (Å²) >= 11 is 0. The highest BCUT2D eigenvalue weighted by molar-refractivity contribution is 4.94. The molecule has 0 spiro atoms. The minimum atomic E-state index is 0.141. The van der Waals surface area contributed by atoms with Crippen molar-refractivity contribution >= 4 is 0 Å². The van der Waals surface area contributed by atoms with Crippen LogP contribution >= 0.6 is 0 Å². The van der Waals surface area contributed by atoms with Crippen molar-refractivity contribution in [2.24, 2.45) is 0 Å². The molecule has 1 atom stereocenters. The van der Waals surface area contributed by atoms with Crippen LogP contribution in [0.2, 0.25) is 0 Å². The number of rotatable bonds is 9. The van der Waals surface area contributed by atoms with Gasteiger partial charge in [-0.2, -0.15) is 0 Å². The maximum absolute atomic E-state index is 5.43. The van der Waals surface area contributed by atoms with E-state index in [1.165, 1.54) is 0 Å². The summed E-state index contributed by atoms with van der Waals surface area (Å²) in [5, 5.41) is 3.34. The molecule has 5 heteroatoms. The fraction of sp³-hybridized carbons (Fsp3) is 0.750. The van der Waals surface area contributed by atoms with Crippen molar-refractivity contribution in [1.82, 2.24) is 10.3 Å². The summed E-state index contributed by atoms with van der Waals surface area (Å²) < 4.78 is 15.7. The van der Waals surface area contributed by atoms with Crippen LogP contribution in [0.3, 0.4) is 0 Å². The van der Waals surface area contributed by atoms with Gasteiger partial charge in [0.2, 0.25) is 5.89 Å². The van der Waals surface area contributed by atoms with Crippen LogP contribution < -0.4 is 5.32 Å². The zero-order chi connectivity index (χ0) is 12.5. The minimum absolute atomic E-state index is 0.141. The second-order valence-electron chi connectivity index (χ2n) is 3.94. The van der Waals surface area contributed by atoms with Gasteiger partial charge in [0.15, 0.2) is 0 Å². The number of aryl methyl sites for hydroxylation is 1. The van der Waals surface area contributed by atoms with E-state index in [0.29, 0.717) is 13.2 Å². The molecular weight excluding hydrogens is 220 g/mol. The molecule has 0 bridgehead atoms. The van der Waals surface area contributed by atoms with Gasteiger partial charge in [0.25, 0.3) is 0 Å². The number of aromatic nitrogens is 1. The van der Waals surface area contributed by atoms with Crippen LogP contribution in [-0.2, 0) is 9.47 Å². The lowest BCUT2D eigenvalue weighted by molar-refractivity contribution is 0.0692. The van der Waals surface area contributed by atoms with Gasteiger partial charge in [-0.25, -0.2) is 4.98 Å². The molecule has 0 fully saturated rings. The molecule has 0 aromatic carbocycles. The Labute approximate surface area is 103 Å². The molecule has 0 amide bonds. The first-order valence-corrected chi connectivity index (χ1v) is 5.96. The van der Waals surface area contributed by atoms with Gasteiger partial charge in [0.1, 0.15) is 5.76 Å². The van der Waals surface area contributed by atoms with Crippen LogP contribution in [0, 0.1) is 6.92 Å². The van der Waals surface area contributed by atoms with E-state index in [2.05, 4.69) is 10.3 Å². The molecule has 1 rings (SSSR count). The Kier molecular flexibility index (Phi) is 6.84. The molecule has 98 valence electrons. The Hall–Kier alpha value is -0.910. The summed E-state index contributed by atoms with van der Waals surface area (Å²) in [4.78, 5) is 4.18. The summed E-state index contributed by atoms with van der Waals surface area (Å²) in [6.07, 6.45) is 2.70. The van der Waals surface area contributed by atoms with E-state index < -0.39 is 0 Å². The zero-order valence-corrected chi connectivity index (χ0v) is 10.9. The van der Waals surface area contributed by atoms with E-state index in [1.54, 1.807) is 13.3 Å². The van der Waals surface area contributed by atoms with Crippen LogP contribution in [0.4, 0.5) is 0 Å². The van der Waals surface area contributed by atoms with E-state index in [1.807, 2.05) is 13.8 Å². The van der Waals surface area contributed by atoms with E-state index in [9.17, 15) is 0 Å². The molecule has 5 nitrogen and oxygen atoms in total. The number of hydrogen-bond acceptors (Lipinski definition) is 5. The smallest absolute Gasteiger partial charge is 0.211 e. The van der Waals surface area contributed by atoms with Crippen molar-refractivity contribution < 1.29 is 13.9 Å². The second kappa shape index (κ2) is 8.22. The first-order chi connectivity index (χ1) is 8.24. The van der Waals surface area contributed by atoms with E-state index >= 15 is 0 Å². The topological polar surface area (TPSA) is 56.5 Å². The van der Waals surface area contributed by atoms with Crippen molar-refractivity contribution in [2.45, 2.75) is 26.3 Å². The predicted molar refractivity (Wildman–Crippen MR) is 65.0 cm³/mol. The van der Waals surface area contributed by atoms with Crippen LogP contribution in [0.15, 0.2) is 10.6 Å². The third-order valence-electron chi connectivity index (χ3n) is 2.36. The molecule has 1 aromatic rings. The highest BCUT2D eigenvalue weighted by atomic mass is 16.5. The zero-order valence-electron chi connectivity index (χ0n) is 10.9. The first-order valence-electron chi connectivity index (χ1n) is 5.96. The van der Waals surface area contributed by atoms with E-state index in [4.69, 9.17) is 13.9 Å². The Morgan fingerprint density at radius 3 is 2.88 bits per heavy atom. The average Bonchev–Trinajstić information content (AvgIpc) is 2.74. The van der Waals surface area contributed by atoms with Crippen molar-refractivity contribution in [3.05, 3.63) is 17.8 Å². The Morgan fingerprint density at radius 1 is 1.41 bits per heavy atom. The molecule has 0 aliphatic heterocycles. The molecule has 1 N–H and O–H groups in total. The van der Waals surface area contributed by atoms with Gasteiger partial charge in [-0.15, -0.1) is 0 Å². The van der Waals surface area contributed by atoms with Gasteiger partial charge < -0.3 is 19.2 Å². The van der Waals surface area contributed by atoms with Crippen LogP contribution in [0.25, 0.3) is 0 Å². The minimum Gasteiger partial charge on any atom is -0.444 e. The highest BCUT2D eigenvalue weighted by Crippen LogP contribution is 2.11. The fourth-order valence-corrected chi connectivity index (χ4v) is 1.40. The lowest BCUT2D eigenvalue weighted by atomic mass is 10.3. The van der Waals surface area contributed by atoms with Gasteiger partial charge in [-0.05, 0) is 26.8 Å². The Bertz CT molecular complexity index is 302. The lowest BCUT2D eigenvalue weighted by Crippen LogP contribution is -2.21. The van der Waals surface area contributed by atoms with Crippen molar-refractivity contribution in [2.75, 3.05) is 33.5 Å². The summed E-state index contributed by atoms with van der Waals surface area (Å²) in [7, 11) is 1.67. The molecule has 1 heterocycles. The van der Waals surface area contributed by atoms with Gasteiger partial charge in [-0.3, -0.25) is 0 Å². The van der Waals surface area contributed by atoms with Gasteiger partial charge in [-0.1, -0.05) is 0 Å². The molecule has 0 radical (unpaired) electrons. The SMILES string of the molecule is COCCOCCCNC(C)c1ncc(C)o1. The number of oxazole rings is 1. The number of nitrogens with one attached hydrogen (secondary N) is 1. The summed E-state index contributed by atoms with van der Waals surface area (Å²) in [6.45, 7) is 6.87. The second-order valence-corrected chi connectivity index (χ2v) is 3.94. The molecule has 0 saturated heterocycles. The van der Waals surface area contributed by atoms with Crippen molar-refractivity contribution in [1.29, 1.82) is 0 Å². The van der Waals surface area contributed by atoms with Crippen LogP contribution in [-0.4, -0.2) is 38.5 Å². The monoisotopic (exact) mass is 242 g/mol. The maximum atomic E-state index is 5.43. The van der Waals surface area contributed by atoms with Crippen molar-refractivity contribution in [3.8, 4) is 0 Å². The standard InChI is InChI=1S/C12H22N2O3/c1-10-9-14-12(17-10)11(2)13-5-4-6-16-8-7-15-3/h9,11,13H,4-8H2,1-3H3. The highest BCUT2D eigenvalue weighted by Gasteiger charge is 2.09. The largest absolute Gasteiger partial charge is 0.444 e. The van der Waals surface area contributed by atoms with Gasteiger partial charge in [0.05, 0.1) is 25.5 Å². The summed E-state index contributed by atoms with van der Waals surface area (Å²) in [6, 6.07) is 0.141. The van der Waals surface area contributed by atoms with Gasteiger partial charge in [0, 0.05) is 13.7 Å². The Morgan fingerprint density at radius 2 is 2.24 bits per heavy atom. The molecule has 0 aliphatic rings. The number of ether oxygens (including phenoxy) is 2. The summed E-state index contributed by atoms with van der Waals surface area (Å²) in [5.74, 6) is 1.58. The predicted octanol–water partition coefficient (Wildman–Crippen LogP) is 1.69. The fourth-order valence-electron chi connectivity index (χ4n) is 1.40. The third kappa shape index (κ3) is 5.81. The molecule has 1 unspecified atom stereocenters. The molecule has 1 aromatic heterocycles. The van der Waals surface area contributed by atoms with E-state index in [-0.39, 0.29) is 6.04 Å². The van der Waals surface area contributed by atoms with Gasteiger partial charge >= 0.3 is 0 Å². The van der Waals surface area contributed by atoms with Crippen LogP contribution in [0.1, 0.15) is 31.0 Å². The lowest BCUT2D eigenvalue weighted by Gasteiger charge is -2.10. The summed E-state index contributed by atoms with van der Waals surface area (Å²) in [5.41, 5.74) is 0. The maximum Gasteiger partial charge on any atom is 0.211 e. The molecule has 0 aliphatic carbocycles. The van der Waals surface area contributed by atoms with Crippen LogP contribution in [0.5, 0.6) is 0 Å². The van der Waals surface area contributed by atoms with Crippen molar-refractivity contribution in [3.63, 3.8) is 0 Å². The molecule has 0 saturated carbocycles. The average molecular weight is 242 g/mol. The number of methoxy groups -OCH3 is 1. The third-order valence-corrected chi connectivity index (χ3v) is 2.36. The first kappa shape index (κ1) is 14.2. The normalized spacial score (nSPS) is 12.9. The number of hydrogen-bond donors (Lipinski definition) is 1.